The molecule has 0 aliphatic carbocycles. The summed E-state index contributed by atoms with van der Waals surface area (Å²) < 4.78 is 44.0. The fourth-order valence-corrected chi connectivity index (χ4v) is 3.93. The van der Waals surface area contributed by atoms with Gasteiger partial charge in [-0.15, -0.1) is 0 Å². The van der Waals surface area contributed by atoms with Gasteiger partial charge in [0.15, 0.2) is 5.96 Å². The van der Waals surface area contributed by atoms with Crippen LogP contribution in [0, 0.1) is 0 Å². The number of benzene rings is 1. The standard InChI is InChI=1S/C20H29F3N4O/c1-4-24-18(25-14-9-10-27(12-14)13-20(21,22)23)26-16-11-19(2,3)28-17-8-6-5-7-15(16)17/h5-8,14,16H,4,9-13H2,1-3H3,(H2,24,25,26). The van der Waals surface area contributed by atoms with E-state index in [-0.39, 0.29) is 17.7 Å². The van der Waals surface area contributed by atoms with Crippen molar-refractivity contribution >= 4 is 5.96 Å². The molecule has 0 amide bonds. The number of para-hydroxylation sites is 1. The van der Waals surface area contributed by atoms with Crippen molar-refractivity contribution in [2.24, 2.45) is 4.99 Å². The summed E-state index contributed by atoms with van der Waals surface area (Å²) in [5.74, 6) is 1.49. The minimum absolute atomic E-state index is 0.0189. The summed E-state index contributed by atoms with van der Waals surface area (Å²) in [5, 5.41) is 6.80. The van der Waals surface area contributed by atoms with Crippen molar-refractivity contribution in [2.75, 3.05) is 26.2 Å². The van der Waals surface area contributed by atoms with Gasteiger partial charge in [-0.25, -0.2) is 0 Å². The van der Waals surface area contributed by atoms with Crippen molar-refractivity contribution in [2.45, 2.75) is 57.5 Å². The first-order valence-corrected chi connectivity index (χ1v) is 9.80. The van der Waals surface area contributed by atoms with Crippen molar-refractivity contribution in [3.63, 3.8) is 0 Å². The molecule has 3 rings (SSSR count). The van der Waals surface area contributed by atoms with Crippen LogP contribution in [0.15, 0.2) is 29.3 Å². The van der Waals surface area contributed by atoms with E-state index in [4.69, 9.17) is 4.74 Å². The van der Waals surface area contributed by atoms with Crippen LogP contribution in [-0.4, -0.2) is 54.9 Å². The van der Waals surface area contributed by atoms with Gasteiger partial charge in [-0.2, -0.15) is 13.2 Å². The van der Waals surface area contributed by atoms with E-state index in [0.29, 0.717) is 32.0 Å². The number of halogens is 3. The Bertz CT molecular complexity index is 705. The van der Waals surface area contributed by atoms with E-state index in [1.54, 1.807) is 0 Å². The molecule has 0 bridgehead atoms. The first-order valence-electron chi connectivity index (χ1n) is 9.80. The first kappa shape index (κ1) is 20.8. The lowest BCUT2D eigenvalue weighted by molar-refractivity contribution is -0.143. The van der Waals surface area contributed by atoms with Gasteiger partial charge in [0, 0.05) is 37.7 Å². The summed E-state index contributed by atoms with van der Waals surface area (Å²) in [6, 6.07) is 7.89. The smallest absolute Gasteiger partial charge is 0.401 e. The highest BCUT2D eigenvalue weighted by Crippen LogP contribution is 2.39. The molecule has 1 aromatic rings. The maximum absolute atomic E-state index is 12.6. The van der Waals surface area contributed by atoms with Crippen molar-refractivity contribution in [1.82, 2.24) is 15.5 Å². The van der Waals surface area contributed by atoms with E-state index in [9.17, 15) is 13.2 Å². The molecule has 2 aliphatic heterocycles. The van der Waals surface area contributed by atoms with Crippen LogP contribution >= 0.6 is 0 Å². The summed E-state index contributed by atoms with van der Waals surface area (Å²) in [5.41, 5.74) is 0.748. The lowest BCUT2D eigenvalue weighted by Crippen LogP contribution is -2.49. The molecule has 0 saturated carbocycles. The molecule has 2 N–H and O–H groups in total. The molecular weight excluding hydrogens is 369 g/mol. The van der Waals surface area contributed by atoms with Crippen LogP contribution in [0.4, 0.5) is 13.2 Å². The fourth-order valence-electron chi connectivity index (χ4n) is 3.93. The van der Waals surface area contributed by atoms with Gasteiger partial charge in [0.05, 0.1) is 12.6 Å². The molecule has 8 heteroatoms. The minimum atomic E-state index is -4.16. The highest BCUT2D eigenvalue weighted by molar-refractivity contribution is 5.80. The van der Waals surface area contributed by atoms with Gasteiger partial charge in [0.2, 0.25) is 0 Å². The Kier molecular flexibility index (Phi) is 6.07. The van der Waals surface area contributed by atoms with Crippen molar-refractivity contribution in [1.29, 1.82) is 0 Å². The second kappa shape index (κ2) is 8.19. The van der Waals surface area contributed by atoms with Gasteiger partial charge in [-0.1, -0.05) is 18.2 Å². The van der Waals surface area contributed by atoms with Crippen LogP contribution in [-0.2, 0) is 0 Å². The number of hydrogen-bond acceptors (Lipinski definition) is 3. The second-order valence-corrected chi connectivity index (χ2v) is 8.10. The summed E-state index contributed by atoms with van der Waals surface area (Å²) in [6.45, 7) is 6.56. The van der Waals surface area contributed by atoms with E-state index in [1.165, 1.54) is 4.90 Å². The number of fused-ring (bicyclic) bond motifs is 1. The zero-order chi connectivity index (χ0) is 20.4. The summed E-state index contributed by atoms with van der Waals surface area (Å²) in [4.78, 5) is 5.95. The zero-order valence-electron chi connectivity index (χ0n) is 16.6. The monoisotopic (exact) mass is 398 g/mol. The van der Waals surface area contributed by atoms with E-state index < -0.39 is 12.7 Å². The molecule has 2 heterocycles. The Morgan fingerprint density at radius 2 is 2.04 bits per heavy atom. The molecular formula is C20H29F3N4O. The molecule has 1 fully saturated rings. The van der Waals surface area contributed by atoms with Crippen LogP contribution in [0.1, 0.15) is 45.2 Å². The molecule has 0 spiro atoms. The van der Waals surface area contributed by atoms with Crippen LogP contribution in [0.25, 0.3) is 0 Å². The van der Waals surface area contributed by atoms with Crippen LogP contribution in [0.3, 0.4) is 0 Å². The third-order valence-corrected chi connectivity index (χ3v) is 5.02. The number of aliphatic imine (C=N–C) groups is 1. The van der Waals surface area contributed by atoms with Crippen molar-refractivity contribution in [3.8, 4) is 5.75 Å². The van der Waals surface area contributed by atoms with Crippen LogP contribution in [0.2, 0.25) is 0 Å². The van der Waals surface area contributed by atoms with Gasteiger partial charge in [-0.3, -0.25) is 9.89 Å². The highest BCUT2D eigenvalue weighted by Gasteiger charge is 2.36. The fraction of sp³-hybridized carbons (Fsp3) is 0.650. The van der Waals surface area contributed by atoms with Crippen molar-refractivity contribution < 1.29 is 17.9 Å². The van der Waals surface area contributed by atoms with Crippen molar-refractivity contribution in [3.05, 3.63) is 29.8 Å². The Morgan fingerprint density at radius 3 is 2.75 bits per heavy atom. The minimum Gasteiger partial charge on any atom is -0.487 e. The SMILES string of the molecule is CCN=C(NC1CCN(CC(F)(F)F)C1)NC1CC(C)(C)Oc2ccccc21. The number of nitrogens with zero attached hydrogens (tertiary/aromatic N) is 2. The molecule has 2 atom stereocenters. The molecule has 1 aromatic carbocycles. The number of likely N-dealkylation sites (tertiary alicyclic amines) is 1. The molecule has 2 aliphatic rings. The van der Waals surface area contributed by atoms with Crippen LogP contribution in [0.5, 0.6) is 5.75 Å². The van der Waals surface area contributed by atoms with E-state index in [0.717, 1.165) is 17.7 Å². The number of ether oxygens (including phenoxy) is 1. The van der Waals surface area contributed by atoms with Gasteiger partial charge in [-0.05, 0) is 33.3 Å². The molecule has 0 radical (unpaired) electrons. The number of hydrogen-bond donors (Lipinski definition) is 2. The zero-order valence-corrected chi connectivity index (χ0v) is 16.6. The second-order valence-electron chi connectivity index (χ2n) is 8.10. The summed E-state index contributed by atoms with van der Waals surface area (Å²) in [6.07, 6.45) is -2.74. The Balaban J connectivity index is 1.67. The molecule has 28 heavy (non-hydrogen) atoms. The normalized spacial score (nSPS) is 25.1. The third kappa shape index (κ3) is 5.53. The molecule has 0 aromatic heterocycles. The van der Waals surface area contributed by atoms with E-state index in [1.807, 2.05) is 45.0 Å². The van der Waals surface area contributed by atoms with Gasteiger partial charge in [0.1, 0.15) is 11.4 Å². The van der Waals surface area contributed by atoms with Gasteiger partial charge in [0.25, 0.3) is 0 Å². The predicted molar refractivity (Wildman–Crippen MR) is 104 cm³/mol. The molecule has 1 saturated heterocycles. The quantitative estimate of drug-likeness (QED) is 0.602. The van der Waals surface area contributed by atoms with E-state index in [2.05, 4.69) is 15.6 Å². The number of alkyl halides is 3. The Hall–Kier alpha value is -1.96. The first-order chi connectivity index (χ1) is 13.1. The Labute approximate surface area is 164 Å². The van der Waals surface area contributed by atoms with Crippen LogP contribution < -0.4 is 15.4 Å². The number of guanidine groups is 1. The lowest BCUT2D eigenvalue weighted by atomic mass is 9.90. The third-order valence-electron chi connectivity index (χ3n) is 5.02. The Morgan fingerprint density at radius 1 is 1.29 bits per heavy atom. The maximum atomic E-state index is 12.6. The number of rotatable bonds is 4. The highest BCUT2D eigenvalue weighted by atomic mass is 19.4. The average Bonchev–Trinajstić information content (AvgIpc) is 2.99. The average molecular weight is 398 g/mol. The van der Waals surface area contributed by atoms with E-state index >= 15 is 0 Å². The topological polar surface area (TPSA) is 48.9 Å². The molecule has 5 nitrogen and oxygen atoms in total. The largest absolute Gasteiger partial charge is 0.487 e. The maximum Gasteiger partial charge on any atom is 0.401 e. The summed E-state index contributed by atoms with van der Waals surface area (Å²) >= 11 is 0. The molecule has 156 valence electrons. The predicted octanol–water partition coefficient (Wildman–Crippen LogP) is 3.48. The summed E-state index contributed by atoms with van der Waals surface area (Å²) in [7, 11) is 0. The number of nitrogens with one attached hydrogen (secondary N) is 2. The molecule has 2 unspecified atom stereocenters. The van der Waals surface area contributed by atoms with Gasteiger partial charge < -0.3 is 15.4 Å². The lowest BCUT2D eigenvalue weighted by Gasteiger charge is -2.38. The van der Waals surface area contributed by atoms with Gasteiger partial charge >= 0.3 is 6.18 Å².